The SMILES string of the molecule is O=C1C(=O)c2cc(-c3ccc(-c4ccc(-c5ccc6c(c5)C(=O)C(=O)c5ccccc5-6)cc4)cc3)ccc2-c2ccccc21. The van der Waals surface area contributed by atoms with Gasteiger partial charge in [0.1, 0.15) is 0 Å². The van der Waals surface area contributed by atoms with E-state index in [2.05, 4.69) is 0 Å². The van der Waals surface area contributed by atoms with Crippen molar-refractivity contribution in [2.24, 2.45) is 0 Å². The van der Waals surface area contributed by atoms with Gasteiger partial charge in [-0.2, -0.15) is 0 Å². The van der Waals surface area contributed by atoms with Crippen LogP contribution in [-0.2, 0) is 0 Å². The number of carbonyl (C=O) groups excluding carboxylic acids is 4. The van der Waals surface area contributed by atoms with Gasteiger partial charge in [0, 0.05) is 22.3 Å². The fourth-order valence-corrected chi connectivity index (χ4v) is 6.32. The van der Waals surface area contributed by atoms with Gasteiger partial charge in [-0.15, -0.1) is 0 Å². The summed E-state index contributed by atoms with van der Waals surface area (Å²) in [5.41, 5.74) is 10.6. The molecule has 0 radical (unpaired) electrons. The van der Waals surface area contributed by atoms with Crippen LogP contribution < -0.4 is 0 Å². The van der Waals surface area contributed by atoms with Crippen molar-refractivity contribution in [2.45, 2.75) is 0 Å². The second kappa shape index (κ2) is 9.79. The van der Waals surface area contributed by atoms with Gasteiger partial charge in [-0.1, -0.05) is 121 Å². The van der Waals surface area contributed by atoms with Crippen molar-refractivity contribution in [3.63, 3.8) is 0 Å². The molecule has 2 aliphatic rings. The van der Waals surface area contributed by atoms with E-state index in [1.165, 1.54) is 0 Å². The Labute approximate surface area is 253 Å². The highest BCUT2D eigenvalue weighted by Crippen LogP contribution is 2.38. The van der Waals surface area contributed by atoms with Crippen molar-refractivity contribution in [1.82, 2.24) is 0 Å². The summed E-state index contributed by atoms with van der Waals surface area (Å²) in [7, 11) is 0. The lowest BCUT2D eigenvalue weighted by Gasteiger charge is -2.19. The minimum Gasteiger partial charge on any atom is -0.285 e. The molecule has 0 atom stereocenters. The Morgan fingerprint density at radius 3 is 0.841 bits per heavy atom. The molecule has 8 rings (SSSR count). The minimum atomic E-state index is -0.475. The van der Waals surface area contributed by atoms with E-state index in [-0.39, 0.29) is 0 Å². The van der Waals surface area contributed by atoms with Gasteiger partial charge in [0.2, 0.25) is 23.1 Å². The molecule has 44 heavy (non-hydrogen) atoms. The van der Waals surface area contributed by atoms with Gasteiger partial charge in [-0.3, -0.25) is 19.2 Å². The smallest absolute Gasteiger partial charge is 0.234 e. The molecule has 0 saturated heterocycles. The monoisotopic (exact) mass is 566 g/mol. The van der Waals surface area contributed by atoms with Crippen LogP contribution in [0.1, 0.15) is 41.4 Å². The summed E-state index contributed by atoms with van der Waals surface area (Å²) in [6.07, 6.45) is 0. The van der Waals surface area contributed by atoms with Crippen molar-refractivity contribution in [3.05, 3.63) is 156 Å². The third-order valence-electron chi connectivity index (χ3n) is 8.63. The highest BCUT2D eigenvalue weighted by Gasteiger charge is 2.31. The predicted octanol–water partition coefficient (Wildman–Crippen LogP) is 8.78. The average Bonchev–Trinajstić information content (AvgIpc) is 3.09. The number of carbonyl (C=O) groups is 4. The molecule has 0 fully saturated rings. The van der Waals surface area contributed by atoms with Crippen LogP contribution in [0.5, 0.6) is 0 Å². The second-order valence-electron chi connectivity index (χ2n) is 11.1. The third-order valence-corrected chi connectivity index (χ3v) is 8.63. The van der Waals surface area contributed by atoms with E-state index < -0.39 is 23.1 Å². The van der Waals surface area contributed by atoms with Crippen LogP contribution in [0.25, 0.3) is 55.6 Å². The first kappa shape index (κ1) is 25.7. The number of benzene rings is 6. The van der Waals surface area contributed by atoms with Crippen LogP contribution >= 0.6 is 0 Å². The van der Waals surface area contributed by atoms with Crippen molar-refractivity contribution < 1.29 is 19.2 Å². The Bertz CT molecular complexity index is 2060. The molecule has 4 nitrogen and oxygen atoms in total. The van der Waals surface area contributed by atoms with Gasteiger partial charge < -0.3 is 0 Å². The van der Waals surface area contributed by atoms with Crippen molar-refractivity contribution in [1.29, 1.82) is 0 Å². The standard InChI is InChI=1S/C40H22O4/c41-37-33-7-3-1-5-29(33)31-19-17-27(21-35(31)39(37)43)25-13-9-23(10-14-25)24-11-15-26(16-12-24)28-18-20-32-30-6-2-4-8-34(30)38(42)40(44)36(32)22-28/h1-22H. The van der Waals surface area contributed by atoms with Gasteiger partial charge in [0.05, 0.1) is 0 Å². The zero-order valence-corrected chi connectivity index (χ0v) is 23.3. The van der Waals surface area contributed by atoms with E-state index in [1.54, 1.807) is 24.3 Å². The minimum absolute atomic E-state index is 0.434. The highest BCUT2D eigenvalue weighted by molar-refractivity contribution is 6.53. The summed E-state index contributed by atoms with van der Waals surface area (Å²) < 4.78 is 0. The summed E-state index contributed by atoms with van der Waals surface area (Å²) in [4.78, 5) is 51.2. The third kappa shape index (κ3) is 3.92. The van der Waals surface area contributed by atoms with Gasteiger partial charge in [-0.05, 0) is 67.8 Å². The van der Waals surface area contributed by atoms with Crippen molar-refractivity contribution in [2.75, 3.05) is 0 Å². The Morgan fingerprint density at radius 2 is 0.477 bits per heavy atom. The lowest BCUT2D eigenvalue weighted by atomic mass is 9.82. The molecule has 6 aromatic rings. The number of fused-ring (bicyclic) bond motifs is 6. The summed E-state index contributed by atoms with van der Waals surface area (Å²) in [5, 5.41) is 0. The molecule has 0 heterocycles. The molecule has 0 N–H and O–H groups in total. The largest absolute Gasteiger partial charge is 0.285 e. The molecule has 0 aliphatic heterocycles. The molecule has 4 heteroatoms. The Hall–Kier alpha value is -6.00. The van der Waals surface area contributed by atoms with Crippen molar-refractivity contribution >= 4 is 23.1 Å². The molecule has 0 amide bonds. The zero-order chi connectivity index (χ0) is 29.9. The molecule has 0 spiro atoms. The van der Waals surface area contributed by atoms with Crippen LogP contribution in [0.2, 0.25) is 0 Å². The number of hydrogen-bond acceptors (Lipinski definition) is 4. The van der Waals surface area contributed by atoms with Crippen LogP contribution in [0.3, 0.4) is 0 Å². The number of ketones is 4. The molecule has 0 bridgehead atoms. The first-order chi connectivity index (χ1) is 21.5. The quantitative estimate of drug-likeness (QED) is 0.201. The summed E-state index contributed by atoms with van der Waals surface area (Å²) in [5.74, 6) is -1.89. The average molecular weight is 567 g/mol. The zero-order valence-electron chi connectivity index (χ0n) is 23.3. The molecule has 6 aromatic carbocycles. The number of Topliss-reactive ketones (excluding diaryl/α,β-unsaturated/α-hetero) is 4. The van der Waals surface area contributed by atoms with Gasteiger partial charge in [0.25, 0.3) is 0 Å². The fraction of sp³-hybridized carbons (Fsp3) is 0. The van der Waals surface area contributed by atoms with Crippen LogP contribution in [0, 0.1) is 0 Å². The van der Waals surface area contributed by atoms with Gasteiger partial charge in [-0.25, -0.2) is 0 Å². The van der Waals surface area contributed by atoms with Gasteiger partial charge in [0.15, 0.2) is 0 Å². The van der Waals surface area contributed by atoms with E-state index >= 15 is 0 Å². The van der Waals surface area contributed by atoms with Crippen molar-refractivity contribution in [3.8, 4) is 55.6 Å². The molecule has 0 unspecified atom stereocenters. The molecule has 0 saturated carbocycles. The topological polar surface area (TPSA) is 68.3 Å². The lowest BCUT2D eigenvalue weighted by Crippen LogP contribution is -2.21. The lowest BCUT2D eigenvalue weighted by molar-refractivity contribution is 0.0815. The fourth-order valence-electron chi connectivity index (χ4n) is 6.32. The first-order valence-electron chi connectivity index (χ1n) is 14.3. The second-order valence-corrected chi connectivity index (χ2v) is 11.1. The first-order valence-corrected chi connectivity index (χ1v) is 14.3. The van der Waals surface area contributed by atoms with Crippen LogP contribution in [-0.4, -0.2) is 23.1 Å². The number of hydrogen-bond donors (Lipinski definition) is 0. The summed E-state index contributed by atoms with van der Waals surface area (Å²) in [6, 6.07) is 42.1. The summed E-state index contributed by atoms with van der Waals surface area (Å²) in [6.45, 7) is 0. The van der Waals surface area contributed by atoms with E-state index in [9.17, 15) is 19.2 Å². The molecule has 206 valence electrons. The van der Waals surface area contributed by atoms with E-state index in [1.807, 2.05) is 109 Å². The van der Waals surface area contributed by atoms with Gasteiger partial charge >= 0.3 is 0 Å². The molecular formula is C40H22O4. The normalized spacial score (nSPS) is 13.2. The summed E-state index contributed by atoms with van der Waals surface area (Å²) >= 11 is 0. The Kier molecular flexibility index (Phi) is 5.71. The predicted molar refractivity (Wildman–Crippen MR) is 171 cm³/mol. The maximum absolute atomic E-state index is 12.9. The molecule has 2 aliphatic carbocycles. The Morgan fingerprint density at radius 1 is 0.227 bits per heavy atom. The number of rotatable bonds is 3. The molecule has 0 aromatic heterocycles. The maximum atomic E-state index is 12.9. The maximum Gasteiger partial charge on any atom is 0.234 e. The highest BCUT2D eigenvalue weighted by atomic mass is 16.2. The van der Waals surface area contributed by atoms with E-state index in [4.69, 9.17) is 0 Å². The Balaban J connectivity index is 1.07. The molecular weight excluding hydrogens is 544 g/mol. The van der Waals surface area contributed by atoms with E-state index in [0.717, 1.165) is 55.6 Å². The van der Waals surface area contributed by atoms with Crippen LogP contribution in [0.15, 0.2) is 133 Å². The van der Waals surface area contributed by atoms with Crippen LogP contribution in [0.4, 0.5) is 0 Å². The van der Waals surface area contributed by atoms with E-state index in [0.29, 0.717) is 22.3 Å².